The van der Waals surface area contributed by atoms with Gasteiger partial charge in [-0.15, -0.1) is 0 Å². The molecule has 4 heteroatoms. The van der Waals surface area contributed by atoms with Crippen LogP contribution in [-0.2, 0) is 4.79 Å². The highest BCUT2D eigenvalue weighted by Gasteiger charge is 2.58. The number of rotatable bonds is 4. The highest BCUT2D eigenvalue weighted by atomic mass is 16.5. The Kier molecular flexibility index (Phi) is 5.38. The molecular weight excluding hydrogens is 384 g/mol. The van der Waals surface area contributed by atoms with E-state index < -0.39 is 0 Å². The number of piperidine rings is 1. The summed E-state index contributed by atoms with van der Waals surface area (Å²) in [7, 11) is 0. The van der Waals surface area contributed by atoms with Gasteiger partial charge in [0, 0.05) is 24.7 Å². The van der Waals surface area contributed by atoms with Gasteiger partial charge in [0.1, 0.15) is 5.75 Å². The monoisotopic (exact) mass is 422 g/mol. The van der Waals surface area contributed by atoms with Crippen LogP contribution in [0.5, 0.6) is 5.75 Å². The van der Waals surface area contributed by atoms with Crippen molar-refractivity contribution in [3.8, 4) is 5.75 Å². The quantitative estimate of drug-likeness (QED) is 0.609. The smallest absolute Gasteiger partial charge is 0.223 e. The molecule has 4 aliphatic rings. The van der Waals surface area contributed by atoms with Gasteiger partial charge < -0.3 is 9.64 Å². The number of fused-ring (bicyclic) bond motifs is 5. The maximum atomic E-state index is 12.9. The third-order valence-corrected chi connectivity index (χ3v) is 9.24. The van der Waals surface area contributed by atoms with Crippen LogP contribution in [-0.4, -0.2) is 34.5 Å². The summed E-state index contributed by atoms with van der Waals surface area (Å²) in [4.78, 5) is 19.7. The largest absolute Gasteiger partial charge is 0.492 e. The number of amides is 1. The topological polar surface area (TPSA) is 42.4 Å². The van der Waals surface area contributed by atoms with Gasteiger partial charge in [0.15, 0.2) is 0 Å². The Morgan fingerprint density at radius 3 is 2.87 bits per heavy atom. The van der Waals surface area contributed by atoms with Crippen LogP contribution in [0.25, 0.3) is 5.57 Å². The second-order valence-corrected chi connectivity index (χ2v) is 10.8. The Labute approximate surface area is 187 Å². The Morgan fingerprint density at radius 2 is 2.03 bits per heavy atom. The molecule has 0 aromatic carbocycles. The van der Waals surface area contributed by atoms with Gasteiger partial charge in [0.2, 0.25) is 5.91 Å². The first-order chi connectivity index (χ1) is 15.0. The average molecular weight is 423 g/mol. The van der Waals surface area contributed by atoms with Crippen molar-refractivity contribution in [1.82, 2.24) is 9.88 Å². The molecule has 3 fully saturated rings. The zero-order valence-corrected chi connectivity index (χ0v) is 19.5. The van der Waals surface area contributed by atoms with Crippen molar-refractivity contribution in [1.29, 1.82) is 0 Å². The second-order valence-electron chi connectivity index (χ2n) is 10.8. The molecule has 2 aliphatic carbocycles. The number of aromatic nitrogens is 1. The fourth-order valence-electron chi connectivity index (χ4n) is 7.70. The molecule has 2 aliphatic heterocycles. The first kappa shape index (κ1) is 21.0. The summed E-state index contributed by atoms with van der Waals surface area (Å²) >= 11 is 0. The van der Waals surface area contributed by atoms with Crippen molar-refractivity contribution in [2.24, 2.45) is 23.2 Å². The van der Waals surface area contributed by atoms with Crippen LogP contribution in [0.4, 0.5) is 0 Å². The van der Waals surface area contributed by atoms with E-state index in [0.717, 1.165) is 44.6 Å². The number of nitrogens with zero attached hydrogens (tertiary/aromatic N) is 2. The van der Waals surface area contributed by atoms with E-state index in [0.29, 0.717) is 23.7 Å². The Balaban J connectivity index is 1.41. The van der Waals surface area contributed by atoms with Gasteiger partial charge in [-0.05, 0) is 92.2 Å². The zero-order valence-electron chi connectivity index (χ0n) is 19.5. The molecule has 1 aromatic rings. The first-order valence-corrected chi connectivity index (χ1v) is 12.6. The van der Waals surface area contributed by atoms with E-state index in [1.54, 1.807) is 0 Å². The van der Waals surface area contributed by atoms with Gasteiger partial charge in [0.05, 0.1) is 12.8 Å². The minimum Gasteiger partial charge on any atom is -0.492 e. The van der Waals surface area contributed by atoms with Crippen molar-refractivity contribution < 1.29 is 9.53 Å². The molecule has 168 valence electrons. The predicted molar refractivity (Wildman–Crippen MR) is 124 cm³/mol. The van der Waals surface area contributed by atoms with E-state index in [1.165, 1.54) is 43.2 Å². The molecule has 2 saturated heterocycles. The van der Waals surface area contributed by atoms with Crippen molar-refractivity contribution in [3.63, 3.8) is 0 Å². The standard InChI is InChI=1S/C27H38N2O2/c1-4-15-31-20-16-19(17-28-18-20)22-8-9-23-21-11-14-29-25(30)7-5-6-12-27(29,3)24(21)10-13-26(22,23)2/h8,16-18,21,23-24H,4-7,9-15H2,1-3H3/t21-,23-,24?,26+,27+/m0/s1. The summed E-state index contributed by atoms with van der Waals surface area (Å²) in [5.41, 5.74) is 3.00. The molecule has 5 rings (SSSR count). The van der Waals surface area contributed by atoms with Crippen LogP contribution < -0.4 is 4.74 Å². The lowest BCUT2D eigenvalue weighted by atomic mass is 9.52. The van der Waals surface area contributed by atoms with Crippen molar-refractivity contribution in [2.45, 2.75) is 84.1 Å². The summed E-state index contributed by atoms with van der Waals surface area (Å²) in [5, 5.41) is 0. The molecule has 0 spiro atoms. The molecule has 1 unspecified atom stereocenters. The summed E-state index contributed by atoms with van der Waals surface area (Å²) in [6, 6.07) is 2.20. The second kappa shape index (κ2) is 7.94. The summed E-state index contributed by atoms with van der Waals surface area (Å²) in [6.07, 6.45) is 16.4. The predicted octanol–water partition coefficient (Wildman–Crippen LogP) is 5.87. The molecule has 3 heterocycles. The van der Waals surface area contributed by atoms with Gasteiger partial charge in [-0.25, -0.2) is 0 Å². The van der Waals surface area contributed by atoms with Gasteiger partial charge in [-0.3, -0.25) is 9.78 Å². The third kappa shape index (κ3) is 3.32. The van der Waals surface area contributed by atoms with Crippen LogP contribution in [0, 0.1) is 23.2 Å². The average Bonchev–Trinajstić information content (AvgIpc) is 3.05. The molecule has 4 nitrogen and oxygen atoms in total. The molecule has 1 aromatic heterocycles. The van der Waals surface area contributed by atoms with E-state index in [9.17, 15) is 4.79 Å². The minimum absolute atomic E-state index is 0.0655. The van der Waals surface area contributed by atoms with Crippen molar-refractivity contribution >= 4 is 11.5 Å². The number of allylic oxidation sites excluding steroid dienone is 2. The molecule has 1 saturated carbocycles. The lowest BCUT2D eigenvalue weighted by Gasteiger charge is -2.59. The number of hydrogen-bond donors (Lipinski definition) is 0. The molecular formula is C27H38N2O2. The fourth-order valence-corrected chi connectivity index (χ4v) is 7.70. The Bertz CT molecular complexity index is 880. The van der Waals surface area contributed by atoms with Gasteiger partial charge >= 0.3 is 0 Å². The molecule has 0 radical (unpaired) electrons. The third-order valence-electron chi connectivity index (χ3n) is 9.24. The maximum absolute atomic E-state index is 12.9. The van der Waals surface area contributed by atoms with E-state index in [4.69, 9.17) is 4.74 Å². The molecule has 5 atom stereocenters. The molecule has 0 N–H and O–H groups in total. The van der Waals surface area contributed by atoms with E-state index in [-0.39, 0.29) is 11.0 Å². The number of carbonyl (C=O) groups excluding carboxylic acids is 1. The van der Waals surface area contributed by atoms with Crippen LogP contribution in [0.2, 0.25) is 0 Å². The normalized spacial score (nSPS) is 37.4. The maximum Gasteiger partial charge on any atom is 0.223 e. The Hall–Kier alpha value is -1.84. The SMILES string of the molecule is CCCOc1cncc(C2=CC[C@H]3[C@@H]4CCN5C(=O)CCCC[C@]5(C)C4CC[C@]23C)c1. The summed E-state index contributed by atoms with van der Waals surface area (Å²) in [6.45, 7) is 8.74. The highest BCUT2D eigenvalue weighted by Crippen LogP contribution is 2.63. The van der Waals surface area contributed by atoms with Gasteiger partial charge in [-0.2, -0.15) is 0 Å². The molecule has 0 bridgehead atoms. The highest BCUT2D eigenvalue weighted by molar-refractivity contribution is 5.78. The zero-order chi connectivity index (χ0) is 21.6. The van der Waals surface area contributed by atoms with Crippen LogP contribution in [0.15, 0.2) is 24.5 Å². The van der Waals surface area contributed by atoms with Gasteiger partial charge in [-0.1, -0.05) is 26.3 Å². The molecule has 31 heavy (non-hydrogen) atoms. The number of hydrogen-bond acceptors (Lipinski definition) is 3. The lowest BCUT2D eigenvalue weighted by molar-refractivity contribution is -0.150. The van der Waals surface area contributed by atoms with Crippen LogP contribution in [0.3, 0.4) is 0 Å². The number of ether oxygens (including phenoxy) is 1. The summed E-state index contributed by atoms with van der Waals surface area (Å²) in [5.74, 6) is 3.34. The van der Waals surface area contributed by atoms with Crippen molar-refractivity contribution in [2.75, 3.05) is 13.2 Å². The van der Waals surface area contributed by atoms with E-state index >= 15 is 0 Å². The Morgan fingerprint density at radius 1 is 1.16 bits per heavy atom. The van der Waals surface area contributed by atoms with E-state index in [1.807, 2.05) is 12.4 Å². The fraction of sp³-hybridized carbons (Fsp3) is 0.704. The van der Waals surface area contributed by atoms with Gasteiger partial charge in [0.25, 0.3) is 0 Å². The molecule has 1 amide bonds. The van der Waals surface area contributed by atoms with Crippen molar-refractivity contribution in [3.05, 3.63) is 30.1 Å². The number of carbonyl (C=O) groups is 1. The lowest BCUT2D eigenvalue weighted by Crippen LogP contribution is -2.62. The minimum atomic E-state index is 0.0655. The van der Waals surface area contributed by atoms with Crippen LogP contribution in [0.1, 0.15) is 84.1 Å². The number of pyridine rings is 1. The van der Waals surface area contributed by atoms with Crippen LogP contribution >= 0.6 is 0 Å². The first-order valence-electron chi connectivity index (χ1n) is 12.6. The van der Waals surface area contributed by atoms with E-state index in [2.05, 4.69) is 42.8 Å². The summed E-state index contributed by atoms with van der Waals surface area (Å²) < 4.78 is 5.88.